The Labute approximate surface area is 333 Å². The fourth-order valence-corrected chi connectivity index (χ4v) is 7.96. The molecule has 0 aromatic heterocycles. The van der Waals surface area contributed by atoms with Gasteiger partial charge in [-0.05, 0) is 55.7 Å². The summed E-state index contributed by atoms with van der Waals surface area (Å²) < 4.78 is 33.1. The average molecular weight is 764 g/mol. The summed E-state index contributed by atoms with van der Waals surface area (Å²) in [6, 6.07) is 6.12. The third kappa shape index (κ3) is 35.3. The van der Waals surface area contributed by atoms with Crippen LogP contribution in [0, 0.1) is 0 Å². The van der Waals surface area contributed by atoms with Crippen LogP contribution in [0.25, 0.3) is 0 Å². The van der Waals surface area contributed by atoms with E-state index in [2.05, 4.69) is 41.8 Å². The van der Waals surface area contributed by atoms with E-state index in [1.54, 1.807) is 12.1 Å². The maximum Gasteiger partial charge on any atom is 0.124 e. The Kier molecular flexibility index (Phi) is 36.1. The SMILES string of the molecule is CCC(C)c1ccc(S(=O)(=O)[O-])cc1.CCCCCCCCCCCCCCCCCC[N+](C)(C)CCCCCCCCCCCCCCCCCC. The van der Waals surface area contributed by atoms with Crippen LogP contribution < -0.4 is 0 Å². The molecule has 0 N–H and O–H groups in total. The van der Waals surface area contributed by atoms with Gasteiger partial charge in [0.1, 0.15) is 10.1 Å². The zero-order chi connectivity index (χ0) is 39.3. The van der Waals surface area contributed by atoms with Gasteiger partial charge in [0.2, 0.25) is 0 Å². The van der Waals surface area contributed by atoms with Crippen molar-refractivity contribution < 1.29 is 17.5 Å². The topological polar surface area (TPSA) is 57.2 Å². The molecule has 53 heavy (non-hydrogen) atoms. The van der Waals surface area contributed by atoms with Crippen molar-refractivity contribution in [2.24, 2.45) is 0 Å². The fourth-order valence-electron chi connectivity index (χ4n) is 7.49. The second-order valence-corrected chi connectivity index (χ2v) is 18.7. The first kappa shape index (κ1) is 52.1. The van der Waals surface area contributed by atoms with E-state index in [9.17, 15) is 13.0 Å². The van der Waals surface area contributed by atoms with Gasteiger partial charge in [0.15, 0.2) is 0 Å². The number of unbranched alkanes of at least 4 members (excludes halogenated alkanes) is 30. The van der Waals surface area contributed by atoms with Gasteiger partial charge < -0.3 is 9.04 Å². The highest BCUT2D eigenvalue weighted by Gasteiger charge is 2.13. The Balaban J connectivity index is 0.00000160. The fraction of sp³-hybridized carbons (Fsp3) is 0.875. The number of benzene rings is 1. The molecule has 0 spiro atoms. The molecule has 314 valence electrons. The molecule has 0 saturated carbocycles. The Morgan fingerprint density at radius 3 is 0.925 bits per heavy atom. The van der Waals surface area contributed by atoms with Crippen molar-refractivity contribution >= 4 is 10.1 Å². The highest BCUT2D eigenvalue weighted by Crippen LogP contribution is 2.20. The summed E-state index contributed by atoms with van der Waals surface area (Å²) in [5.74, 6) is 0.387. The molecule has 5 heteroatoms. The van der Waals surface area contributed by atoms with Crippen LogP contribution in [-0.4, -0.2) is 44.6 Å². The Morgan fingerprint density at radius 2 is 0.698 bits per heavy atom. The van der Waals surface area contributed by atoms with E-state index in [0.717, 1.165) is 12.0 Å². The highest BCUT2D eigenvalue weighted by atomic mass is 32.2. The zero-order valence-corrected chi connectivity index (χ0v) is 37.5. The molecule has 0 radical (unpaired) electrons. The third-order valence-electron chi connectivity index (χ3n) is 11.6. The van der Waals surface area contributed by atoms with Crippen molar-refractivity contribution in [3.05, 3.63) is 29.8 Å². The van der Waals surface area contributed by atoms with Gasteiger partial charge in [-0.15, -0.1) is 0 Å². The summed E-state index contributed by atoms with van der Waals surface area (Å²) in [7, 11) is 0.635. The maximum absolute atomic E-state index is 10.6. The van der Waals surface area contributed by atoms with Crippen LogP contribution in [0.1, 0.15) is 251 Å². The second-order valence-electron chi connectivity index (χ2n) is 17.3. The monoisotopic (exact) mass is 764 g/mol. The lowest BCUT2D eigenvalue weighted by molar-refractivity contribution is -0.890. The van der Waals surface area contributed by atoms with Crippen molar-refractivity contribution in [3.63, 3.8) is 0 Å². The maximum atomic E-state index is 10.6. The minimum Gasteiger partial charge on any atom is -0.744 e. The van der Waals surface area contributed by atoms with Crippen molar-refractivity contribution in [1.29, 1.82) is 0 Å². The smallest absolute Gasteiger partial charge is 0.124 e. The van der Waals surface area contributed by atoms with Gasteiger partial charge in [0, 0.05) is 0 Å². The lowest BCUT2D eigenvalue weighted by Crippen LogP contribution is -2.41. The van der Waals surface area contributed by atoms with Crippen molar-refractivity contribution in [2.45, 2.75) is 250 Å². The first-order valence-electron chi connectivity index (χ1n) is 23.4. The van der Waals surface area contributed by atoms with Gasteiger partial charge in [0.25, 0.3) is 0 Å². The van der Waals surface area contributed by atoms with Crippen LogP contribution in [0.2, 0.25) is 0 Å². The molecule has 0 fully saturated rings. The molecule has 1 atom stereocenters. The molecular weight excluding hydrogens is 671 g/mol. The average Bonchev–Trinajstić information content (AvgIpc) is 3.14. The van der Waals surface area contributed by atoms with E-state index in [4.69, 9.17) is 0 Å². The number of quaternary nitrogens is 1. The minimum absolute atomic E-state index is 0.162. The number of nitrogens with zero attached hydrogens (tertiary/aromatic N) is 1. The molecular formula is C48H93NO3S. The first-order chi connectivity index (χ1) is 25.6. The Bertz CT molecular complexity index is 953. The largest absolute Gasteiger partial charge is 0.744 e. The second kappa shape index (κ2) is 36.7. The molecule has 0 amide bonds. The molecule has 1 rings (SSSR count). The van der Waals surface area contributed by atoms with Crippen molar-refractivity contribution in [3.8, 4) is 0 Å². The van der Waals surface area contributed by atoms with E-state index >= 15 is 0 Å². The number of hydrogen-bond acceptors (Lipinski definition) is 3. The molecule has 1 unspecified atom stereocenters. The van der Waals surface area contributed by atoms with E-state index in [1.807, 2.05) is 0 Å². The predicted octanol–water partition coefficient (Wildman–Crippen LogP) is 15.7. The van der Waals surface area contributed by atoms with Crippen LogP contribution in [0.5, 0.6) is 0 Å². The minimum atomic E-state index is -4.30. The standard InChI is InChI=1S/C38H80N.C10H14O3S/c1-5-7-9-11-13-15-17-19-21-23-25-27-29-31-33-35-37-39(3,4)38-36-34-32-30-28-26-24-22-20-18-16-14-12-10-8-6-2;1-3-8(2)9-4-6-10(7-5-9)14(11,12)13/h5-38H2,1-4H3;4-8H,3H2,1-2H3,(H,11,12,13)/q+1;/p-1. The predicted molar refractivity (Wildman–Crippen MR) is 234 cm³/mol. The summed E-state index contributed by atoms with van der Waals surface area (Å²) in [5.41, 5.74) is 1.06. The summed E-state index contributed by atoms with van der Waals surface area (Å²) in [5, 5.41) is 0. The van der Waals surface area contributed by atoms with Gasteiger partial charge in [0.05, 0.1) is 32.1 Å². The van der Waals surface area contributed by atoms with Crippen molar-refractivity contribution in [1.82, 2.24) is 0 Å². The van der Waals surface area contributed by atoms with Crippen LogP contribution in [0.4, 0.5) is 0 Å². The normalized spacial score (nSPS) is 12.5. The molecule has 4 nitrogen and oxygen atoms in total. The van der Waals surface area contributed by atoms with Crippen LogP contribution in [-0.2, 0) is 10.1 Å². The molecule has 0 heterocycles. The molecule has 1 aromatic rings. The van der Waals surface area contributed by atoms with Crippen molar-refractivity contribution in [2.75, 3.05) is 27.2 Å². The summed E-state index contributed by atoms with van der Waals surface area (Å²) >= 11 is 0. The number of hydrogen-bond donors (Lipinski definition) is 0. The van der Waals surface area contributed by atoms with E-state index in [0.29, 0.717) is 5.92 Å². The number of rotatable bonds is 37. The quantitative estimate of drug-likeness (QED) is 0.0385. The first-order valence-corrected chi connectivity index (χ1v) is 24.9. The highest BCUT2D eigenvalue weighted by molar-refractivity contribution is 7.85. The lowest BCUT2D eigenvalue weighted by Gasteiger charge is -2.30. The van der Waals surface area contributed by atoms with Crippen LogP contribution in [0.15, 0.2) is 29.2 Å². The van der Waals surface area contributed by atoms with Gasteiger partial charge >= 0.3 is 0 Å². The van der Waals surface area contributed by atoms with E-state index in [1.165, 1.54) is 235 Å². The van der Waals surface area contributed by atoms with Gasteiger partial charge in [-0.25, -0.2) is 8.42 Å². The third-order valence-corrected chi connectivity index (χ3v) is 12.4. The summed E-state index contributed by atoms with van der Waals surface area (Å²) in [6.45, 7) is 11.5. The molecule has 0 aliphatic heterocycles. The molecule has 0 aliphatic rings. The van der Waals surface area contributed by atoms with Gasteiger partial charge in [-0.3, -0.25) is 0 Å². The lowest BCUT2D eigenvalue weighted by atomic mass is 9.99. The van der Waals surface area contributed by atoms with Crippen LogP contribution in [0.3, 0.4) is 0 Å². The zero-order valence-electron chi connectivity index (χ0n) is 36.7. The molecule has 0 aliphatic carbocycles. The molecule has 0 saturated heterocycles. The molecule has 1 aromatic carbocycles. The van der Waals surface area contributed by atoms with E-state index < -0.39 is 10.1 Å². The summed E-state index contributed by atoms with van der Waals surface area (Å²) in [6.07, 6.45) is 47.9. The summed E-state index contributed by atoms with van der Waals surface area (Å²) in [4.78, 5) is -0.162. The van der Waals surface area contributed by atoms with Crippen LogP contribution >= 0.6 is 0 Å². The molecule has 0 bridgehead atoms. The van der Waals surface area contributed by atoms with Gasteiger partial charge in [-0.2, -0.15) is 0 Å². The Hall–Kier alpha value is -0.910. The van der Waals surface area contributed by atoms with E-state index in [-0.39, 0.29) is 4.90 Å². The van der Waals surface area contributed by atoms with Gasteiger partial charge in [-0.1, -0.05) is 220 Å². The Morgan fingerprint density at radius 1 is 0.453 bits per heavy atom.